The summed E-state index contributed by atoms with van der Waals surface area (Å²) in [5, 5.41) is 1.58. The first-order chi connectivity index (χ1) is 14.1. The van der Waals surface area contributed by atoms with Gasteiger partial charge in [-0.15, -0.1) is 0 Å². The molecule has 29 heavy (non-hydrogen) atoms. The summed E-state index contributed by atoms with van der Waals surface area (Å²) < 4.78 is 5.46. The number of amides is 2. The van der Waals surface area contributed by atoms with Crippen LogP contribution in [-0.4, -0.2) is 29.2 Å². The highest BCUT2D eigenvalue weighted by Crippen LogP contribution is 2.30. The van der Waals surface area contributed by atoms with Crippen molar-refractivity contribution in [2.45, 2.75) is 25.9 Å². The quantitative estimate of drug-likeness (QED) is 0.461. The Bertz CT molecular complexity index is 1040. The Morgan fingerprint density at radius 2 is 1.52 bits per heavy atom. The van der Waals surface area contributed by atoms with E-state index in [1.165, 1.54) is 4.90 Å². The van der Waals surface area contributed by atoms with E-state index in [1.807, 2.05) is 61.5 Å². The first-order valence-corrected chi connectivity index (χ1v) is 9.68. The molecule has 1 aliphatic rings. The van der Waals surface area contributed by atoms with Crippen molar-refractivity contribution in [1.82, 2.24) is 4.90 Å². The van der Waals surface area contributed by atoms with Gasteiger partial charge in [0.15, 0.2) is 0 Å². The molecule has 1 unspecified atom stereocenters. The minimum absolute atomic E-state index is 0.139. The fraction of sp³-hybridized carbons (Fsp3) is 0.208. The Hall–Kier alpha value is -3.47. The lowest BCUT2D eigenvalue weighted by Crippen LogP contribution is -2.41. The van der Waals surface area contributed by atoms with Gasteiger partial charge in [0.2, 0.25) is 0 Å². The predicted molar refractivity (Wildman–Crippen MR) is 109 cm³/mol. The van der Waals surface area contributed by atoms with E-state index in [2.05, 4.69) is 0 Å². The van der Waals surface area contributed by atoms with Crippen molar-refractivity contribution >= 4 is 28.6 Å². The highest BCUT2D eigenvalue weighted by Gasteiger charge is 2.32. The second-order valence-corrected chi connectivity index (χ2v) is 7.12. The number of hydrogen-bond donors (Lipinski definition) is 0. The molecule has 5 heteroatoms. The van der Waals surface area contributed by atoms with Crippen LogP contribution in [-0.2, 0) is 9.53 Å². The van der Waals surface area contributed by atoms with Gasteiger partial charge >= 0.3 is 5.97 Å². The number of imide groups is 1. The lowest BCUT2D eigenvalue weighted by Gasteiger charge is -2.27. The molecule has 3 aromatic rings. The van der Waals surface area contributed by atoms with Crippen molar-refractivity contribution < 1.29 is 19.1 Å². The van der Waals surface area contributed by atoms with Crippen LogP contribution in [0.15, 0.2) is 66.7 Å². The summed E-state index contributed by atoms with van der Waals surface area (Å²) in [4.78, 5) is 39.1. The number of carbonyl (C=O) groups is 3. The molecule has 146 valence electrons. The fourth-order valence-corrected chi connectivity index (χ4v) is 3.71. The van der Waals surface area contributed by atoms with Gasteiger partial charge in [-0.1, -0.05) is 54.6 Å². The first kappa shape index (κ1) is 18.9. The third kappa shape index (κ3) is 3.63. The van der Waals surface area contributed by atoms with E-state index < -0.39 is 0 Å². The lowest BCUT2D eigenvalue weighted by atomic mass is 9.94. The van der Waals surface area contributed by atoms with Gasteiger partial charge in [0.05, 0.1) is 0 Å². The first-order valence-electron chi connectivity index (χ1n) is 9.68. The zero-order chi connectivity index (χ0) is 20.4. The average molecular weight is 387 g/mol. The molecule has 1 atom stereocenters. The maximum atomic E-state index is 12.8. The van der Waals surface area contributed by atoms with Crippen LogP contribution in [0.5, 0.6) is 0 Å². The van der Waals surface area contributed by atoms with Crippen LogP contribution in [0.1, 0.15) is 52.1 Å². The van der Waals surface area contributed by atoms with E-state index in [9.17, 15) is 14.4 Å². The van der Waals surface area contributed by atoms with Gasteiger partial charge in [0.1, 0.15) is 6.10 Å². The fourth-order valence-electron chi connectivity index (χ4n) is 3.71. The third-order valence-electron chi connectivity index (χ3n) is 5.20. The Balaban J connectivity index is 1.40. The van der Waals surface area contributed by atoms with Crippen molar-refractivity contribution in [3.8, 4) is 0 Å². The molecule has 0 aliphatic carbocycles. The number of rotatable bonds is 6. The zero-order valence-electron chi connectivity index (χ0n) is 16.1. The molecule has 0 radical (unpaired) electrons. The van der Waals surface area contributed by atoms with Crippen LogP contribution < -0.4 is 0 Å². The van der Waals surface area contributed by atoms with E-state index in [0.29, 0.717) is 22.9 Å². The highest BCUT2D eigenvalue weighted by molar-refractivity contribution is 6.25. The molecule has 0 saturated heterocycles. The summed E-state index contributed by atoms with van der Waals surface area (Å²) in [5.41, 5.74) is 1.97. The summed E-state index contributed by atoms with van der Waals surface area (Å²) in [6.07, 6.45) is 0.155. The monoisotopic (exact) mass is 387 g/mol. The molecule has 0 aromatic heterocycles. The molecular formula is C24H21NO4. The predicted octanol–water partition coefficient (Wildman–Crippen LogP) is 4.52. The second-order valence-electron chi connectivity index (χ2n) is 7.12. The van der Waals surface area contributed by atoms with Gasteiger partial charge in [-0.05, 0) is 36.4 Å². The topological polar surface area (TPSA) is 63.7 Å². The molecule has 1 aliphatic heterocycles. The van der Waals surface area contributed by atoms with Gasteiger partial charge in [0, 0.05) is 29.5 Å². The van der Waals surface area contributed by atoms with Crippen molar-refractivity contribution in [3.63, 3.8) is 0 Å². The summed E-state index contributed by atoms with van der Waals surface area (Å²) >= 11 is 0. The van der Waals surface area contributed by atoms with Gasteiger partial charge in [-0.25, -0.2) is 0 Å². The van der Waals surface area contributed by atoms with Gasteiger partial charge in [0.25, 0.3) is 11.8 Å². The molecule has 0 spiro atoms. The summed E-state index contributed by atoms with van der Waals surface area (Å²) in [6.45, 7) is 2.00. The summed E-state index contributed by atoms with van der Waals surface area (Å²) in [7, 11) is 0. The molecule has 3 aromatic carbocycles. The van der Waals surface area contributed by atoms with Crippen LogP contribution >= 0.6 is 0 Å². The minimum atomic E-state index is -0.347. The number of esters is 1. The number of ether oxygens (including phenoxy) is 1. The average Bonchev–Trinajstić information content (AvgIpc) is 2.74. The Labute approximate surface area is 168 Å². The van der Waals surface area contributed by atoms with E-state index >= 15 is 0 Å². The van der Waals surface area contributed by atoms with Crippen LogP contribution in [0.3, 0.4) is 0 Å². The molecule has 2 amide bonds. The zero-order valence-corrected chi connectivity index (χ0v) is 16.1. The maximum Gasteiger partial charge on any atom is 0.306 e. The summed E-state index contributed by atoms with van der Waals surface area (Å²) in [5.74, 6) is -0.976. The van der Waals surface area contributed by atoms with Crippen LogP contribution in [0, 0.1) is 0 Å². The van der Waals surface area contributed by atoms with Crippen molar-refractivity contribution in [2.24, 2.45) is 0 Å². The smallest absolute Gasteiger partial charge is 0.306 e. The molecule has 1 heterocycles. The van der Waals surface area contributed by atoms with Crippen molar-refractivity contribution in [1.29, 1.82) is 0 Å². The normalized spacial score (nSPS) is 14.2. The minimum Gasteiger partial charge on any atom is -0.458 e. The standard InChI is InChI=1S/C24H21NO4/c1-16(17-8-3-2-4-9-17)29-21(26)14-7-15-25-23(27)19-12-5-10-18-11-6-13-20(22(18)19)24(25)28/h2-6,8-13,16H,7,14-15H2,1H3. The lowest BCUT2D eigenvalue weighted by molar-refractivity contribution is -0.148. The summed E-state index contributed by atoms with van der Waals surface area (Å²) in [6, 6.07) is 20.4. The molecule has 0 saturated carbocycles. The Morgan fingerprint density at radius 1 is 0.897 bits per heavy atom. The number of hydrogen-bond acceptors (Lipinski definition) is 4. The Kier molecular flexibility index (Phi) is 5.12. The van der Waals surface area contributed by atoms with Gasteiger partial charge < -0.3 is 4.74 Å². The van der Waals surface area contributed by atoms with Crippen molar-refractivity contribution in [2.75, 3.05) is 6.54 Å². The van der Waals surface area contributed by atoms with E-state index in [1.54, 1.807) is 12.1 Å². The number of nitrogens with zero attached hydrogens (tertiary/aromatic N) is 1. The van der Waals surface area contributed by atoms with Crippen LogP contribution in [0.4, 0.5) is 0 Å². The van der Waals surface area contributed by atoms with Crippen LogP contribution in [0.2, 0.25) is 0 Å². The molecule has 0 N–H and O–H groups in total. The molecular weight excluding hydrogens is 366 g/mol. The van der Waals surface area contributed by atoms with E-state index in [-0.39, 0.29) is 36.9 Å². The number of benzene rings is 3. The van der Waals surface area contributed by atoms with Crippen molar-refractivity contribution in [3.05, 3.63) is 83.4 Å². The van der Waals surface area contributed by atoms with E-state index in [4.69, 9.17) is 4.74 Å². The second kappa shape index (κ2) is 7.87. The molecule has 5 nitrogen and oxygen atoms in total. The SMILES string of the molecule is CC(OC(=O)CCCN1C(=O)c2cccc3cccc(c23)C1=O)c1ccccc1. The molecule has 4 rings (SSSR count). The van der Waals surface area contributed by atoms with Gasteiger partial charge in [-0.2, -0.15) is 0 Å². The maximum absolute atomic E-state index is 12.8. The van der Waals surface area contributed by atoms with E-state index in [0.717, 1.165) is 10.9 Å². The number of carbonyl (C=O) groups excluding carboxylic acids is 3. The Morgan fingerprint density at radius 3 is 2.14 bits per heavy atom. The molecule has 0 bridgehead atoms. The highest BCUT2D eigenvalue weighted by atomic mass is 16.5. The molecule has 0 fully saturated rings. The van der Waals surface area contributed by atoms with Gasteiger partial charge in [-0.3, -0.25) is 19.3 Å². The van der Waals surface area contributed by atoms with Crippen LogP contribution in [0.25, 0.3) is 10.8 Å². The largest absolute Gasteiger partial charge is 0.458 e. The third-order valence-corrected chi connectivity index (χ3v) is 5.20.